The van der Waals surface area contributed by atoms with Crippen LogP contribution in [0, 0.1) is 6.92 Å². The molecule has 1 amide bonds. The molecule has 1 fully saturated rings. The third-order valence-corrected chi connectivity index (χ3v) is 7.02. The van der Waals surface area contributed by atoms with Gasteiger partial charge in [0, 0.05) is 11.6 Å². The van der Waals surface area contributed by atoms with Crippen molar-refractivity contribution in [3.63, 3.8) is 0 Å². The predicted octanol–water partition coefficient (Wildman–Crippen LogP) is 2.30. The number of hydrogen-bond acceptors (Lipinski definition) is 4. The van der Waals surface area contributed by atoms with Crippen LogP contribution in [0.1, 0.15) is 22.8 Å². The Bertz CT molecular complexity index is 1180. The summed E-state index contributed by atoms with van der Waals surface area (Å²) in [6, 6.07) is 12.3. The van der Waals surface area contributed by atoms with Crippen molar-refractivity contribution < 1.29 is 17.9 Å². The van der Waals surface area contributed by atoms with Gasteiger partial charge in [-0.25, -0.2) is 12.4 Å². The van der Waals surface area contributed by atoms with Crippen LogP contribution in [-0.2, 0) is 26.0 Å². The number of amides is 1. The summed E-state index contributed by atoms with van der Waals surface area (Å²) in [5.74, 6) is -0.140. The van der Waals surface area contributed by atoms with Gasteiger partial charge in [-0.15, -0.1) is 0 Å². The molecule has 0 radical (unpaired) electrons. The number of benzene rings is 2. The van der Waals surface area contributed by atoms with Crippen molar-refractivity contribution in [1.29, 1.82) is 0 Å². The Morgan fingerprint density at radius 1 is 1.15 bits per heavy atom. The molecule has 1 N–H and O–H groups in total. The summed E-state index contributed by atoms with van der Waals surface area (Å²) in [5, 5.41) is 3.87. The van der Waals surface area contributed by atoms with E-state index in [-0.39, 0.29) is 29.6 Å². The minimum Gasteiger partial charge on any atom is -0.362 e. The van der Waals surface area contributed by atoms with Gasteiger partial charge >= 0.3 is 0 Å². The number of carbonyl (C=O) groups is 1. The van der Waals surface area contributed by atoms with Gasteiger partial charge in [0.05, 0.1) is 16.5 Å². The Kier molecular flexibility index (Phi) is 3.47. The molecule has 2 heterocycles. The molecule has 0 spiro atoms. The Balaban J connectivity index is 1.70. The van der Waals surface area contributed by atoms with E-state index >= 15 is 0 Å². The second-order valence-corrected chi connectivity index (χ2v) is 8.93. The molecule has 6 nitrogen and oxygen atoms in total. The lowest BCUT2D eigenvalue weighted by molar-refractivity contribution is -0.137. The van der Waals surface area contributed by atoms with Crippen molar-refractivity contribution in [3.05, 3.63) is 65.4 Å². The van der Waals surface area contributed by atoms with Crippen LogP contribution in [-0.4, -0.2) is 30.9 Å². The molecule has 2 aliphatic rings. The lowest BCUT2D eigenvalue weighted by atomic mass is 9.86. The number of aryl methyl sites for hydroxylation is 1. The molecule has 1 saturated heterocycles. The van der Waals surface area contributed by atoms with Crippen molar-refractivity contribution in [2.24, 2.45) is 0 Å². The molecule has 1 aliphatic heterocycles. The average Bonchev–Trinajstić information content (AvgIpc) is 3.03. The average molecular weight is 382 g/mol. The number of hydrogen-bond donors (Lipinski definition) is 1. The number of rotatable bonds is 2. The number of nitrogens with one attached hydrogen (secondary N) is 1. The highest BCUT2D eigenvalue weighted by Crippen LogP contribution is 2.40. The second kappa shape index (κ2) is 5.68. The highest BCUT2D eigenvalue weighted by molar-refractivity contribution is 7.90. The van der Waals surface area contributed by atoms with Crippen molar-refractivity contribution in [1.82, 2.24) is 9.29 Å². The number of nitrogens with zero attached hydrogens (tertiary/aromatic N) is 1. The molecule has 1 aromatic heterocycles. The first-order chi connectivity index (χ1) is 12.9. The largest absolute Gasteiger partial charge is 0.362 e. The monoisotopic (exact) mass is 382 g/mol. The fraction of sp³-hybridized carbons (Fsp3) is 0.250. The van der Waals surface area contributed by atoms with Crippen LogP contribution < -0.4 is 5.32 Å². The summed E-state index contributed by atoms with van der Waals surface area (Å²) in [6.07, 6.45) is 1.97. The van der Waals surface area contributed by atoms with Gasteiger partial charge in [0.2, 0.25) is 5.91 Å². The van der Waals surface area contributed by atoms with E-state index in [9.17, 15) is 13.2 Å². The topological polar surface area (TPSA) is 77.4 Å². The zero-order chi connectivity index (χ0) is 18.8. The Hall–Kier alpha value is -2.64. The van der Waals surface area contributed by atoms with Crippen molar-refractivity contribution in [3.8, 4) is 0 Å². The number of ether oxygens (including phenoxy) is 1. The fourth-order valence-corrected chi connectivity index (χ4v) is 5.47. The molecule has 1 aliphatic carbocycles. The van der Waals surface area contributed by atoms with Crippen LogP contribution in [0.4, 0.5) is 0 Å². The normalized spacial score (nSPS) is 21.7. The Morgan fingerprint density at radius 3 is 2.70 bits per heavy atom. The zero-order valence-corrected chi connectivity index (χ0v) is 15.5. The SMILES string of the molecule is Cc1ccc(S(=O)(=O)n2cc3c4c(cccc42)C2OCC(=O)NC2C3)cc1. The van der Waals surface area contributed by atoms with Gasteiger partial charge in [0.25, 0.3) is 10.0 Å². The highest BCUT2D eigenvalue weighted by Gasteiger charge is 2.37. The Labute approximate surface area is 156 Å². The third-order valence-electron chi connectivity index (χ3n) is 5.34. The van der Waals surface area contributed by atoms with E-state index in [1.807, 2.05) is 25.1 Å². The predicted molar refractivity (Wildman–Crippen MR) is 100 cm³/mol. The smallest absolute Gasteiger partial charge is 0.268 e. The van der Waals surface area contributed by atoms with E-state index in [0.29, 0.717) is 11.9 Å². The summed E-state index contributed by atoms with van der Waals surface area (Å²) >= 11 is 0. The first-order valence-electron chi connectivity index (χ1n) is 8.81. The number of carbonyl (C=O) groups excluding carboxylic acids is 1. The van der Waals surface area contributed by atoms with E-state index in [2.05, 4.69) is 5.32 Å². The molecule has 5 rings (SSSR count). The van der Waals surface area contributed by atoms with Gasteiger partial charge in [0.1, 0.15) is 12.7 Å². The van der Waals surface area contributed by atoms with Crippen molar-refractivity contribution in [2.75, 3.05) is 6.61 Å². The van der Waals surface area contributed by atoms with Crippen LogP contribution in [0.5, 0.6) is 0 Å². The van der Waals surface area contributed by atoms with Crippen LogP contribution in [0.15, 0.2) is 53.6 Å². The van der Waals surface area contributed by atoms with Crippen LogP contribution in [0.3, 0.4) is 0 Å². The maximum Gasteiger partial charge on any atom is 0.268 e. The first kappa shape index (κ1) is 16.5. The molecular weight excluding hydrogens is 364 g/mol. The number of morpholine rings is 1. The standard InChI is InChI=1S/C20H18N2O4S/c1-12-5-7-14(8-6-12)27(24,25)22-10-13-9-16-20(26-11-18(23)21-16)15-3-2-4-17(22)19(13)15/h2-8,10,16,20H,9,11H2,1H3,(H,21,23). The van der Waals surface area contributed by atoms with Gasteiger partial charge < -0.3 is 10.1 Å². The first-order valence-corrected chi connectivity index (χ1v) is 10.3. The van der Waals surface area contributed by atoms with Crippen molar-refractivity contribution >= 4 is 26.8 Å². The quantitative estimate of drug-likeness (QED) is 0.738. The van der Waals surface area contributed by atoms with E-state index in [1.54, 1.807) is 30.5 Å². The molecule has 0 bridgehead atoms. The fourth-order valence-electron chi connectivity index (χ4n) is 4.09. The maximum atomic E-state index is 13.2. The summed E-state index contributed by atoms with van der Waals surface area (Å²) in [5.41, 5.74) is 3.48. The molecule has 27 heavy (non-hydrogen) atoms. The highest BCUT2D eigenvalue weighted by atomic mass is 32.2. The third kappa shape index (κ3) is 2.42. The van der Waals surface area contributed by atoms with Gasteiger partial charge in [-0.1, -0.05) is 29.8 Å². The second-order valence-electron chi connectivity index (χ2n) is 7.12. The van der Waals surface area contributed by atoms with Gasteiger partial charge in [-0.2, -0.15) is 0 Å². The summed E-state index contributed by atoms with van der Waals surface area (Å²) in [4.78, 5) is 12.0. The van der Waals surface area contributed by atoms with E-state index in [0.717, 1.165) is 22.1 Å². The lowest BCUT2D eigenvalue weighted by Gasteiger charge is -2.35. The minimum atomic E-state index is -3.72. The van der Waals surface area contributed by atoms with E-state index in [1.165, 1.54) is 3.97 Å². The summed E-state index contributed by atoms with van der Waals surface area (Å²) < 4.78 is 33.6. The summed E-state index contributed by atoms with van der Waals surface area (Å²) in [6.45, 7) is 1.94. The molecule has 0 saturated carbocycles. The zero-order valence-electron chi connectivity index (χ0n) is 14.7. The molecule has 2 unspecified atom stereocenters. The number of fused-ring (bicyclic) bond motifs is 2. The van der Waals surface area contributed by atoms with Crippen LogP contribution >= 0.6 is 0 Å². The van der Waals surface area contributed by atoms with E-state index < -0.39 is 10.0 Å². The van der Waals surface area contributed by atoms with Crippen LogP contribution in [0.2, 0.25) is 0 Å². The van der Waals surface area contributed by atoms with Gasteiger partial charge in [0.15, 0.2) is 0 Å². The Morgan fingerprint density at radius 2 is 1.93 bits per heavy atom. The molecule has 7 heteroatoms. The minimum absolute atomic E-state index is 0.0231. The lowest BCUT2D eigenvalue weighted by Crippen LogP contribution is -2.49. The van der Waals surface area contributed by atoms with Gasteiger partial charge in [-0.3, -0.25) is 4.79 Å². The molecule has 3 aromatic rings. The van der Waals surface area contributed by atoms with Crippen molar-refractivity contribution in [2.45, 2.75) is 30.4 Å². The maximum absolute atomic E-state index is 13.2. The molecular formula is C20H18N2O4S. The molecule has 2 aromatic carbocycles. The molecule has 2 atom stereocenters. The van der Waals surface area contributed by atoms with E-state index in [4.69, 9.17) is 4.74 Å². The van der Waals surface area contributed by atoms with Crippen LogP contribution in [0.25, 0.3) is 10.9 Å². The van der Waals surface area contributed by atoms with Gasteiger partial charge in [-0.05, 0) is 42.7 Å². The summed E-state index contributed by atoms with van der Waals surface area (Å²) in [7, 11) is -3.72. The molecule has 138 valence electrons. The number of aromatic nitrogens is 1.